The molecule has 1 unspecified atom stereocenters. The van der Waals surface area contributed by atoms with Gasteiger partial charge in [-0.25, -0.2) is 4.39 Å². The van der Waals surface area contributed by atoms with Gasteiger partial charge in [0.25, 0.3) is 0 Å². The highest BCUT2D eigenvalue weighted by Crippen LogP contribution is 2.29. The molecular formula is C9H10FNO4. The number of aliphatic hydroxyl groups excluding tert-OH is 1. The van der Waals surface area contributed by atoms with Gasteiger partial charge in [-0.3, -0.25) is 10.1 Å². The molecule has 0 radical (unpaired) electrons. The van der Waals surface area contributed by atoms with Crippen molar-refractivity contribution < 1.29 is 19.2 Å². The van der Waals surface area contributed by atoms with E-state index in [1.165, 1.54) is 13.0 Å². The molecule has 0 aliphatic rings. The maximum atomic E-state index is 13.1. The fraction of sp³-hybridized carbons (Fsp3) is 0.333. The number of nitrogens with zero attached hydrogens (tertiary/aromatic N) is 1. The van der Waals surface area contributed by atoms with Gasteiger partial charge in [0.1, 0.15) is 6.61 Å². The van der Waals surface area contributed by atoms with Crippen LogP contribution in [0.1, 0.15) is 6.92 Å². The van der Waals surface area contributed by atoms with Crippen molar-refractivity contribution in [2.24, 2.45) is 0 Å². The first-order chi connectivity index (χ1) is 7.02. The van der Waals surface area contributed by atoms with Gasteiger partial charge in [-0.2, -0.15) is 0 Å². The molecule has 82 valence electrons. The molecule has 0 saturated heterocycles. The lowest BCUT2D eigenvalue weighted by atomic mass is 10.3. The first kappa shape index (κ1) is 11.4. The van der Waals surface area contributed by atoms with Crippen LogP contribution in [0.3, 0.4) is 0 Å². The molecule has 0 aliphatic carbocycles. The van der Waals surface area contributed by atoms with Crippen LogP contribution in [0.5, 0.6) is 5.75 Å². The van der Waals surface area contributed by atoms with E-state index in [2.05, 4.69) is 0 Å². The summed E-state index contributed by atoms with van der Waals surface area (Å²) in [6, 6.07) is 3.42. The van der Waals surface area contributed by atoms with Crippen LogP contribution in [0.2, 0.25) is 0 Å². The molecule has 0 aliphatic heterocycles. The summed E-state index contributed by atoms with van der Waals surface area (Å²) in [6.45, 7) is 1.24. The summed E-state index contributed by atoms with van der Waals surface area (Å²) in [5.74, 6) is -1.26. The molecule has 0 spiro atoms. The maximum absolute atomic E-state index is 13.1. The number of nitro benzene ring substituents is 1. The monoisotopic (exact) mass is 215 g/mol. The van der Waals surface area contributed by atoms with Crippen LogP contribution in [0.25, 0.3) is 0 Å². The van der Waals surface area contributed by atoms with Gasteiger partial charge in [0.2, 0.25) is 5.75 Å². The van der Waals surface area contributed by atoms with Crippen molar-refractivity contribution in [2.45, 2.75) is 13.0 Å². The summed E-state index contributed by atoms with van der Waals surface area (Å²) >= 11 is 0. The van der Waals surface area contributed by atoms with E-state index in [1.807, 2.05) is 0 Å². The van der Waals surface area contributed by atoms with Crippen molar-refractivity contribution in [3.05, 3.63) is 34.1 Å². The minimum atomic E-state index is -0.816. The van der Waals surface area contributed by atoms with E-state index in [0.717, 1.165) is 12.1 Å². The number of aliphatic hydroxyl groups is 1. The van der Waals surface area contributed by atoms with Gasteiger partial charge in [0.15, 0.2) is 5.82 Å². The van der Waals surface area contributed by atoms with Crippen molar-refractivity contribution in [1.29, 1.82) is 0 Å². The Hall–Kier alpha value is -1.69. The Morgan fingerprint density at radius 1 is 1.67 bits per heavy atom. The smallest absolute Gasteiger partial charge is 0.314 e. The van der Waals surface area contributed by atoms with Crippen molar-refractivity contribution in [1.82, 2.24) is 0 Å². The largest absolute Gasteiger partial charge is 0.482 e. The summed E-state index contributed by atoms with van der Waals surface area (Å²) < 4.78 is 18.0. The number of nitro groups is 1. The number of benzene rings is 1. The summed E-state index contributed by atoms with van der Waals surface area (Å²) in [5, 5.41) is 19.4. The molecule has 6 heteroatoms. The average Bonchev–Trinajstić information content (AvgIpc) is 2.15. The summed E-state index contributed by atoms with van der Waals surface area (Å²) in [7, 11) is 0. The predicted octanol–water partition coefficient (Wildman–Crippen LogP) is 1.49. The van der Waals surface area contributed by atoms with Gasteiger partial charge < -0.3 is 9.84 Å². The van der Waals surface area contributed by atoms with Crippen molar-refractivity contribution in [3.8, 4) is 5.75 Å². The molecule has 1 N–H and O–H groups in total. The Balaban J connectivity index is 2.97. The number of para-hydroxylation sites is 1. The van der Waals surface area contributed by atoms with Crippen LogP contribution < -0.4 is 4.74 Å². The van der Waals surface area contributed by atoms with Gasteiger partial charge in [-0.05, 0) is 13.0 Å². The fourth-order valence-corrected chi connectivity index (χ4v) is 0.988. The molecule has 0 fully saturated rings. The normalized spacial score (nSPS) is 12.2. The van der Waals surface area contributed by atoms with Crippen LogP contribution in [0, 0.1) is 15.9 Å². The Morgan fingerprint density at radius 3 is 2.87 bits per heavy atom. The zero-order valence-corrected chi connectivity index (χ0v) is 8.01. The fourth-order valence-electron chi connectivity index (χ4n) is 0.988. The molecule has 0 bridgehead atoms. The Bertz CT molecular complexity index is 367. The average molecular weight is 215 g/mol. The molecule has 5 nitrogen and oxygen atoms in total. The van der Waals surface area contributed by atoms with Gasteiger partial charge in [-0.15, -0.1) is 0 Å². The lowest BCUT2D eigenvalue weighted by Crippen LogP contribution is -2.14. The molecule has 0 saturated carbocycles. The van der Waals surface area contributed by atoms with Crippen molar-refractivity contribution in [3.63, 3.8) is 0 Å². The Morgan fingerprint density at radius 2 is 2.33 bits per heavy atom. The number of rotatable bonds is 4. The Labute approximate surface area is 85.3 Å². The molecule has 1 rings (SSSR count). The highest BCUT2D eigenvalue weighted by molar-refractivity contribution is 5.46. The third kappa shape index (κ3) is 2.88. The third-order valence-corrected chi connectivity index (χ3v) is 1.61. The highest BCUT2D eigenvalue weighted by Gasteiger charge is 2.19. The number of hydrogen-bond acceptors (Lipinski definition) is 4. The third-order valence-electron chi connectivity index (χ3n) is 1.61. The van der Waals surface area contributed by atoms with Crippen LogP contribution in [-0.2, 0) is 0 Å². The predicted molar refractivity (Wildman–Crippen MR) is 50.2 cm³/mol. The van der Waals surface area contributed by atoms with E-state index >= 15 is 0 Å². The summed E-state index contributed by atoms with van der Waals surface area (Å²) in [4.78, 5) is 9.78. The second kappa shape index (κ2) is 4.70. The summed E-state index contributed by atoms with van der Waals surface area (Å²) in [5.41, 5.74) is -0.448. The zero-order valence-electron chi connectivity index (χ0n) is 8.01. The van der Waals surface area contributed by atoms with E-state index in [0.29, 0.717) is 0 Å². The van der Waals surface area contributed by atoms with E-state index in [9.17, 15) is 14.5 Å². The minimum absolute atomic E-state index is 0.193. The van der Waals surface area contributed by atoms with Crippen LogP contribution >= 0.6 is 0 Å². The van der Waals surface area contributed by atoms with Gasteiger partial charge in [0, 0.05) is 6.07 Å². The van der Waals surface area contributed by atoms with Crippen molar-refractivity contribution >= 4 is 5.69 Å². The summed E-state index contributed by atoms with van der Waals surface area (Å²) in [6.07, 6.45) is -0.816. The quantitative estimate of drug-likeness (QED) is 0.610. The van der Waals surface area contributed by atoms with Crippen LogP contribution in [0.15, 0.2) is 18.2 Å². The topological polar surface area (TPSA) is 72.6 Å². The highest BCUT2D eigenvalue weighted by atomic mass is 19.1. The first-order valence-corrected chi connectivity index (χ1v) is 4.26. The van der Waals surface area contributed by atoms with E-state index in [-0.39, 0.29) is 6.61 Å². The van der Waals surface area contributed by atoms with E-state index < -0.39 is 28.3 Å². The molecule has 1 aromatic rings. The molecule has 0 aromatic heterocycles. The van der Waals surface area contributed by atoms with Gasteiger partial charge in [-0.1, -0.05) is 6.07 Å². The van der Waals surface area contributed by atoms with Gasteiger partial charge in [0.05, 0.1) is 11.0 Å². The lowest BCUT2D eigenvalue weighted by molar-refractivity contribution is -0.386. The standard InChI is InChI=1S/C9H10FNO4/c1-6(12)5-15-9-7(10)3-2-4-8(9)11(13)14/h2-4,6,12H,5H2,1H3. The molecule has 0 amide bonds. The van der Waals surface area contributed by atoms with E-state index in [1.54, 1.807) is 0 Å². The van der Waals surface area contributed by atoms with Gasteiger partial charge >= 0.3 is 5.69 Å². The van der Waals surface area contributed by atoms with Crippen LogP contribution in [-0.4, -0.2) is 22.7 Å². The minimum Gasteiger partial charge on any atom is -0.482 e. The first-order valence-electron chi connectivity index (χ1n) is 4.26. The van der Waals surface area contributed by atoms with E-state index in [4.69, 9.17) is 9.84 Å². The number of ether oxygens (including phenoxy) is 1. The second-order valence-corrected chi connectivity index (χ2v) is 3.01. The molecular weight excluding hydrogens is 205 g/mol. The van der Waals surface area contributed by atoms with Crippen molar-refractivity contribution in [2.75, 3.05) is 6.61 Å². The van der Waals surface area contributed by atoms with Crippen LogP contribution in [0.4, 0.5) is 10.1 Å². The molecule has 1 atom stereocenters. The SMILES string of the molecule is CC(O)COc1c(F)cccc1[N+](=O)[O-]. The lowest BCUT2D eigenvalue weighted by Gasteiger charge is -2.08. The second-order valence-electron chi connectivity index (χ2n) is 3.01. The molecule has 0 heterocycles. The molecule has 1 aromatic carbocycles. The maximum Gasteiger partial charge on any atom is 0.314 e. The number of halogens is 1. The molecule has 15 heavy (non-hydrogen) atoms. The zero-order chi connectivity index (χ0) is 11.4. The Kier molecular flexibility index (Phi) is 3.56. The number of hydrogen-bond donors (Lipinski definition) is 1.